The molecule has 1 N–H and O–H groups in total. The van der Waals surface area contributed by atoms with E-state index in [1.165, 1.54) is 17.4 Å². The van der Waals surface area contributed by atoms with Gasteiger partial charge in [0.15, 0.2) is 11.5 Å². The van der Waals surface area contributed by atoms with Crippen LogP contribution in [0.15, 0.2) is 78.4 Å². The molecule has 9 heteroatoms. The van der Waals surface area contributed by atoms with Crippen LogP contribution in [0.1, 0.15) is 11.1 Å². The Labute approximate surface area is 218 Å². The number of aryl methyl sites for hydroxylation is 1. The molecule has 3 aromatic carbocycles. The van der Waals surface area contributed by atoms with Crippen molar-refractivity contribution in [3.05, 3.63) is 89.5 Å². The number of carbonyl (C=O) groups is 1. The molecule has 0 aliphatic rings. The second-order valence-electron chi connectivity index (χ2n) is 7.77. The summed E-state index contributed by atoms with van der Waals surface area (Å²) >= 11 is 1.25. The maximum Gasteiger partial charge on any atom is 0.268 e. The lowest BCUT2D eigenvalue weighted by Gasteiger charge is -2.11. The van der Waals surface area contributed by atoms with Crippen molar-refractivity contribution in [2.24, 2.45) is 0 Å². The zero-order valence-electron chi connectivity index (χ0n) is 20.3. The van der Waals surface area contributed by atoms with E-state index in [-0.39, 0.29) is 5.57 Å². The molecule has 0 radical (unpaired) electrons. The van der Waals surface area contributed by atoms with E-state index in [1.54, 1.807) is 31.4 Å². The Kier molecular flexibility index (Phi) is 8.47. The Morgan fingerprint density at radius 2 is 1.68 bits per heavy atom. The Morgan fingerprint density at radius 3 is 2.41 bits per heavy atom. The van der Waals surface area contributed by atoms with E-state index >= 15 is 0 Å². The summed E-state index contributed by atoms with van der Waals surface area (Å²) in [5.41, 5.74) is 2.64. The third kappa shape index (κ3) is 6.72. The quantitative estimate of drug-likeness (QED) is 0.169. The SMILES string of the molecule is COc1ccccc1OCCOc1ccc(C=C(C#N)C(=O)Nc2nnc(-c3ccccc3C)s2)cc1. The van der Waals surface area contributed by atoms with E-state index in [0.717, 1.165) is 11.1 Å². The smallest absolute Gasteiger partial charge is 0.268 e. The summed E-state index contributed by atoms with van der Waals surface area (Å²) in [7, 11) is 1.59. The number of methoxy groups -OCH3 is 1. The molecule has 0 fully saturated rings. The van der Waals surface area contributed by atoms with Crippen LogP contribution in [0.2, 0.25) is 0 Å². The molecule has 0 saturated carbocycles. The van der Waals surface area contributed by atoms with Gasteiger partial charge in [0.25, 0.3) is 5.91 Å². The number of anilines is 1. The summed E-state index contributed by atoms with van der Waals surface area (Å²) in [5.74, 6) is 1.40. The number of benzene rings is 3. The average molecular weight is 513 g/mol. The van der Waals surface area contributed by atoms with Gasteiger partial charge in [0.05, 0.1) is 7.11 Å². The maximum absolute atomic E-state index is 12.7. The number of hydrogen-bond acceptors (Lipinski definition) is 8. The molecule has 8 nitrogen and oxygen atoms in total. The van der Waals surface area contributed by atoms with Crippen molar-refractivity contribution in [3.8, 4) is 33.9 Å². The Bertz CT molecular complexity index is 1440. The number of para-hydroxylation sites is 2. The summed E-state index contributed by atoms with van der Waals surface area (Å²) in [4.78, 5) is 12.7. The lowest BCUT2D eigenvalue weighted by Crippen LogP contribution is -2.13. The topological polar surface area (TPSA) is 106 Å². The van der Waals surface area contributed by atoms with Gasteiger partial charge in [-0.15, -0.1) is 10.2 Å². The van der Waals surface area contributed by atoms with Crippen molar-refractivity contribution >= 4 is 28.5 Å². The van der Waals surface area contributed by atoms with Gasteiger partial charge in [-0.1, -0.05) is 59.9 Å². The highest BCUT2D eigenvalue weighted by Gasteiger charge is 2.14. The molecule has 4 rings (SSSR count). The molecular weight excluding hydrogens is 488 g/mol. The largest absolute Gasteiger partial charge is 0.493 e. The van der Waals surface area contributed by atoms with E-state index in [9.17, 15) is 10.1 Å². The van der Waals surface area contributed by atoms with Gasteiger partial charge in [0, 0.05) is 5.56 Å². The number of hydrogen-bond donors (Lipinski definition) is 1. The van der Waals surface area contributed by atoms with Gasteiger partial charge in [0.1, 0.15) is 35.6 Å². The molecular formula is C28H24N4O4S. The lowest BCUT2D eigenvalue weighted by atomic mass is 10.1. The van der Waals surface area contributed by atoms with E-state index in [2.05, 4.69) is 15.5 Å². The Morgan fingerprint density at radius 1 is 0.973 bits per heavy atom. The molecule has 1 amide bonds. The third-order valence-corrected chi connectivity index (χ3v) is 6.13. The fraction of sp³-hybridized carbons (Fsp3) is 0.143. The standard InChI is InChI=1S/C28H24N4O4S/c1-19-7-3-4-8-23(19)27-31-32-28(37-27)30-26(33)21(18-29)17-20-11-13-22(14-12-20)35-15-16-36-25-10-6-5-9-24(25)34-2/h3-14,17H,15-16H2,1-2H3,(H,30,32,33). The van der Waals surface area contributed by atoms with Crippen molar-refractivity contribution in [1.82, 2.24) is 10.2 Å². The van der Waals surface area contributed by atoms with Crippen LogP contribution in [-0.2, 0) is 4.79 Å². The van der Waals surface area contributed by atoms with Crippen molar-refractivity contribution in [3.63, 3.8) is 0 Å². The fourth-order valence-corrected chi connectivity index (χ4v) is 4.21. The summed E-state index contributed by atoms with van der Waals surface area (Å²) in [6.07, 6.45) is 1.51. The van der Waals surface area contributed by atoms with Crippen LogP contribution in [0.3, 0.4) is 0 Å². The number of nitrogens with one attached hydrogen (secondary N) is 1. The van der Waals surface area contributed by atoms with Gasteiger partial charge in [0.2, 0.25) is 5.13 Å². The van der Waals surface area contributed by atoms with Crippen molar-refractivity contribution in [1.29, 1.82) is 5.26 Å². The average Bonchev–Trinajstić information content (AvgIpc) is 3.39. The number of nitriles is 1. The van der Waals surface area contributed by atoms with Gasteiger partial charge >= 0.3 is 0 Å². The zero-order valence-corrected chi connectivity index (χ0v) is 21.1. The van der Waals surface area contributed by atoms with Crippen LogP contribution in [0, 0.1) is 18.3 Å². The number of ether oxygens (including phenoxy) is 3. The molecule has 0 saturated heterocycles. The number of amides is 1. The third-order valence-electron chi connectivity index (χ3n) is 5.26. The van der Waals surface area contributed by atoms with E-state index < -0.39 is 5.91 Å². The van der Waals surface area contributed by atoms with Crippen LogP contribution >= 0.6 is 11.3 Å². The number of nitrogens with zero attached hydrogens (tertiary/aromatic N) is 3. The molecule has 0 aliphatic carbocycles. The Balaban J connectivity index is 1.32. The molecule has 186 valence electrons. The molecule has 0 aliphatic heterocycles. The van der Waals surface area contributed by atoms with E-state index in [4.69, 9.17) is 14.2 Å². The molecule has 4 aromatic rings. The predicted octanol–water partition coefficient (Wildman–Crippen LogP) is 5.53. The van der Waals surface area contributed by atoms with Crippen molar-refractivity contribution in [2.75, 3.05) is 25.6 Å². The highest BCUT2D eigenvalue weighted by atomic mass is 32.1. The molecule has 0 unspecified atom stereocenters. The van der Waals surface area contributed by atoms with Crippen molar-refractivity contribution < 1.29 is 19.0 Å². The van der Waals surface area contributed by atoms with Crippen molar-refractivity contribution in [2.45, 2.75) is 6.92 Å². The molecule has 37 heavy (non-hydrogen) atoms. The van der Waals surface area contributed by atoms with Gasteiger partial charge in [-0.2, -0.15) is 5.26 Å². The van der Waals surface area contributed by atoms with Gasteiger partial charge < -0.3 is 14.2 Å². The van der Waals surface area contributed by atoms with Crippen LogP contribution < -0.4 is 19.5 Å². The minimum atomic E-state index is -0.552. The summed E-state index contributed by atoms with van der Waals surface area (Å²) in [5, 5.41) is 21.4. The first kappa shape index (κ1) is 25.4. The van der Waals surface area contributed by atoms with Crippen LogP contribution in [0.25, 0.3) is 16.6 Å². The highest BCUT2D eigenvalue weighted by molar-refractivity contribution is 7.18. The predicted molar refractivity (Wildman–Crippen MR) is 143 cm³/mol. The van der Waals surface area contributed by atoms with Crippen LogP contribution in [-0.4, -0.2) is 36.4 Å². The molecule has 0 spiro atoms. The number of aromatic nitrogens is 2. The Hall–Kier alpha value is -4.68. The lowest BCUT2D eigenvalue weighted by molar-refractivity contribution is -0.112. The zero-order chi connectivity index (χ0) is 26.0. The second kappa shape index (κ2) is 12.3. The normalized spacial score (nSPS) is 10.9. The van der Waals surface area contributed by atoms with Crippen LogP contribution in [0.5, 0.6) is 17.2 Å². The summed E-state index contributed by atoms with van der Waals surface area (Å²) in [6.45, 7) is 2.67. The minimum Gasteiger partial charge on any atom is -0.493 e. The molecule has 1 aromatic heterocycles. The fourth-order valence-electron chi connectivity index (χ4n) is 3.38. The number of rotatable bonds is 10. The number of carbonyl (C=O) groups excluding carboxylic acids is 1. The molecule has 0 atom stereocenters. The summed E-state index contributed by atoms with van der Waals surface area (Å²) in [6, 6.07) is 24.2. The van der Waals surface area contributed by atoms with Gasteiger partial charge in [-0.25, -0.2) is 0 Å². The monoisotopic (exact) mass is 512 g/mol. The second-order valence-corrected chi connectivity index (χ2v) is 8.75. The highest BCUT2D eigenvalue weighted by Crippen LogP contribution is 2.29. The summed E-state index contributed by atoms with van der Waals surface area (Å²) < 4.78 is 16.7. The van der Waals surface area contributed by atoms with E-state index in [1.807, 2.05) is 61.5 Å². The first-order valence-electron chi connectivity index (χ1n) is 11.4. The molecule has 0 bridgehead atoms. The van der Waals surface area contributed by atoms with Gasteiger partial charge in [-0.3, -0.25) is 10.1 Å². The minimum absolute atomic E-state index is 0.0495. The first-order valence-corrected chi connectivity index (χ1v) is 12.2. The first-order chi connectivity index (χ1) is 18.1. The van der Waals surface area contributed by atoms with Crippen LogP contribution in [0.4, 0.5) is 5.13 Å². The molecule has 1 heterocycles. The maximum atomic E-state index is 12.7. The van der Waals surface area contributed by atoms with E-state index in [0.29, 0.717) is 46.2 Å². The van der Waals surface area contributed by atoms with Gasteiger partial charge in [-0.05, 0) is 48.4 Å².